The normalized spacial score (nSPS) is 15.4. The minimum absolute atomic E-state index is 0.231. The first-order valence-corrected chi connectivity index (χ1v) is 6.13. The lowest BCUT2D eigenvalue weighted by Crippen LogP contribution is -2.32. The Morgan fingerprint density at radius 3 is 2.89 bits per heavy atom. The van der Waals surface area contributed by atoms with Crippen molar-refractivity contribution in [3.8, 4) is 11.8 Å². The Kier molecular flexibility index (Phi) is 3.70. The number of nitrogens with one attached hydrogen (secondary N) is 1. The molecule has 0 aromatic heterocycles. The Labute approximate surface area is 111 Å². The fraction of sp³-hybridized carbons (Fsp3) is 0.429. The quantitative estimate of drug-likeness (QED) is 0.880. The smallest absolute Gasteiger partial charge is 0.240 e. The summed E-state index contributed by atoms with van der Waals surface area (Å²) in [4.78, 5) is 11.7. The lowest BCUT2D eigenvalue weighted by molar-refractivity contribution is -0.124. The number of hydrogen-bond acceptors (Lipinski definition) is 3. The van der Waals surface area contributed by atoms with Crippen molar-refractivity contribution in [2.45, 2.75) is 19.3 Å². The van der Waals surface area contributed by atoms with Gasteiger partial charge in [-0.25, -0.2) is 4.39 Å². The highest BCUT2D eigenvalue weighted by Crippen LogP contribution is 2.44. The number of nitriles is 1. The molecule has 0 bridgehead atoms. The second-order valence-corrected chi connectivity index (χ2v) is 4.66. The molecule has 100 valence electrons. The molecule has 1 aliphatic carbocycles. The third-order valence-corrected chi connectivity index (χ3v) is 3.32. The molecular formula is C14H15FN2O2. The second-order valence-electron chi connectivity index (χ2n) is 4.66. The number of halogens is 1. The summed E-state index contributed by atoms with van der Waals surface area (Å²) >= 11 is 0. The number of methoxy groups -OCH3 is 1. The summed E-state index contributed by atoms with van der Waals surface area (Å²) < 4.78 is 18.3. The molecule has 4 nitrogen and oxygen atoms in total. The van der Waals surface area contributed by atoms with Gasteiger partial charge in [0.05, 0.1) is 13.2 Å². The Balaban J connectivity index is 1.91. The van der Waals surface area contributed by atoms with Crippen LogP contribution in [0.4, 0.5) is 4.39 Å². The van der Waals surface area contributed by atoms with E-state index in [1.54, 1.807) is 6.07 Å². The number of carbonyl (C=O) groups is 1. The number of hydrogen-bond donors (Lipinski definition) is 1. The van der Waals surface area contributed by atoms with Crippen LogP contribution in [-0.4, -0.2) is 19.6 Å². The van der Waals surface area contributed by atoms with Crippen molar-refractivity contribution in [1.82, 2.24) is 5.32 Å². The van der Waals surface area contributed by atoms with Crippen LogP contribution in [0.2, 0.25) is 0 Å². The van der Waals surface area contributed by atoms with Crippen LogP contribution in [0.1, 0.15) is 18.4 Å². The molecule has 2 rings (SSSR count). The van der Waals surface area contributed by atoms with E-state index in [4.69, 9.17) is 10.00 Å². The molecule has 1 N–H and O–H groups in total. The van der Waals surface area contributed by atoms with E-state index in [9.17, 15) is 9.18 Å². The summed E-state index contributed by atoms with van der Waals surface area (Å²) in [5.41, 5.74) is -0.115. The second kappa shape index (κ2) is 5.27. The standard InChI is InChI=1S/C14H15FN2O2/c1-19-12-3-2-11(15)8-10(12)4-7-17-13(18)14(9-16)5-6-14/h2-3,8H,4-7H2,1H3,(H,17,18). The maximum atomic E-state index is 13.1. The summed E-state index contributed by atoms with van der Waals surface area (Å²) in [6, 6.07) is 6.32. The molecule has 0 unspecified atom stereocenters. The fourth-order valence-electron chi connectivity index (χ4n) is 1.94. The third-order valence-electron chi connectivity index (χ3n) is 3.32. The van der Waals surface area contributed by atoms with Gasteiger partial charge in [0.1, 0.15) is 17.0 Å². The molecule has 5 heteroatoms. The van der Waals surface area contributed by atoms with Gasteiger partial charge < -0.3 is 10.1 Å². The maximum absolute atomic E-state index is 13.1. The highest BCUT2D eigenvalue weighted by Gasteiger charge is 2.50. The summed E-state index contributed by atoms with van der Waals surface area (Å²) in [7, 11) is 1.52. The number of carbonyl (C=O) groups excluding carboxylic acids is 1. The van der Waals surface area contributed by atoms with Gasteiger partial charge >= 0.3 is 0 Å². The highest BCUT2D eigenvalue weighted by molar-refractivity contribution is 5.88. The number of ether oxygens (including phenoxy) is 1. The predicted octanol–water partition coefficient (Wildman–Crippen LogP) is 1.80. The first-order valence-electron chi connectivity index (χ1n) is 6.13. The molecule has 0 radical (unpaired) electrons. The van der Waals surface area contributed by atoms with Crippen molar-refractivity contribution in [1.29, 1.82) is 5.26 Å². The van der Waals surface area contributed by atoms with Crippen LogP contribution < -0.4 is 10.1 Å². The maximum Gasteiger partial charge on any atom is 0.240 e. The molecule has 0 heterocycles. The van der Waals surface area contributed by atoms with Gasteiger partial charge in [-0.05, 0) is 43.0 Å². The van der Waals surface area contributed by atoms with E-state index in [1.165, 1.54) is 19.2 Å². The molecule has 1 fully saturated rings. The van der Waals surface area contributed by atoms with E-state index in [-0.39, 0.29) is 11.7 Å². The van der Waals surface area contributed by atoms with E-state index < -0.39 is 5.41 Å². The zero-order valence-corrected chi connectivity index (χ0v) is 10.7. The van der Waals surface area contributed by atoms with Crippen molar-refractivity contribution in [3.63, 3.8) is 0 Å². The van der Waals surface area contributed by atoms with Crippen LogP contribution in [0, 0.1) is 22.6 Å². The molecule has 0 aliphatic heterocycles. The van der Waals surface area contributed by atoms with Gasteiger partial charge in [0.15, 0.2) is 0 Å². The lowest BCUT2D eigenvalue weighted by atomic mass is 10.1. The summed E-state index contributed by atoms with van der Waals surface area (Å²) in [6.07, 6.45) is 1.71. The van der Waals surface area contributed by atoms with Crippen LogP contribution >= 0.6 is 0 Å². The van der Waals surface area contributed by atoms with Gasteiger partial charge in [0.2, 0.25) is 5.91 Å². The average Bonchev–Trinajstić information content (AvgIpc) is 3.20. The van der Waals surface area contributed by atoms with Crippen molar-refractivity contribution < 1.29 is 13.9 Å². The van der Waals surface area contributed by atoms with Gasteiger partial charge in [-0.15, -0.1) is 0 Å². The van der Waals surface area contributed by atoms with Crippen molar-refractivity contribution in [2.24, 2.45) is 5.41 Å². The van der Waals surface area contributed by atoms with Gasteiger partial charge in [-0.1, -0.05) is 0 Å². The van der Waals surface area contributed by atoms with Gasteiger partial charge in [0.25, 0.3) is 0 Å². The van der Waals surface area contributed by atoms with E-state index in [0.717, 1.165) is 0 Å². The summed E-state index contributed by atoms with van der Waals surface area (Å²) in [6.45, 7) is 0.363. The van der Waals surface area contributed by atoms with Gasteiger partial charge in [0, 0.05) is 6.54 Å². The first-order chi connectivity index (χ1) is 9.11. The predicted molar refractivity (Wildman–Crippen MR) is 66.9 cm³/mol. The van der Waals surface area contributed by atoms with Crippen LogP contribution in [0.15, 0.2) is 18.2 Å². The molecule has 19 heavy (non-hydrogen) atoms. The van der Waals surface area contributed by atoms with Crippen molar-refractivity contribution in [3.05, 3.63) is 29.6 Å². The Bertz CT molecular complexity index is 533. The van der Waals surface area contributed by atoms with Crippen LogP contribution in [0.5, 0.6) is 5.75 Å². The Morgan fingerprint density at radius 1 is 1.58 bits per heavy atom. The monoisotopic (exact) mass is 262 g/mol. The van der Waals surface area contributed by atoms with E-state index in [2.05, 4.69) is 5.32 Å². The van der Waals surface area contributed by atoms with E-state index >= 15 is 0 Å². The lowest BCUT2D eigenvalue weighted by Gasteiger charge is -2.10. The van der Waals surface area contributed by atoms with Crippen LogP contribution in [0.3, 0.4) is 0 Å². The minimum Gasteiger partial charge on any atom is -0.496 e. The first kappa shape index (κ1) is 13.3. The molecule has 1 saturated carbocycles. The van der Waals surface area contributed by atoms with Gasteiger partial charge in [-0.2, -0.15) is 5.26 Å². The van der Waals surface area contributed by atoms with E-state index in [1.807, 2.05) is 6.07 Å². The Morgan fingerprint density at radius 2 is 2.32 bits per heavy atom. The number of rotatable bonds is 5. The summed E-state index contributed by atoms with van der Waals surface area (Å²) in [5, 5.41) is 11.6. The topological polar surface area (TPSA) is 62.1 Å². The number of nitrogens with zero attached hydrogens (tertiary/aromatic N) is 1. The van der Waals surface area contributed by atoms with Crippen molar-refractivity contribution in [2.75, 3.05) is 13.7 Å². The molecule has 0 atom stereocenters. The molecule has 1 amide bonds. The average molecular weight is 262 g/mol. The SMILES string of the molecule is COc1ccc(F)cc1CCNC(=O)C1(C#N)CC1. The third kappa shape index (κ3) is 2.84. The molecule has 0 saturated heterocycles. The zero-order valence-electron chi connectivity index (χ0n) is 10.7. The number of amides is 1. The largest absolute Gasteiger partial charge is 0.496 e. The van der Waals surface area contributed by atoms with Gasteiger partial charge in [-0.3, -0.25) is 4.79 Å². The molecule has 1 aromatic carbocycles. The van der Waals surface area contributed by atoms with Crippen LogP contribution in [-0.2, 0) is 11.2 Å². The van der Waals surface area contributed by atoms with E-state index in [0.29, 0.717) is 37.1 Å². The molecule has 1 aromatic rings. The highest BCUT2D eigenvalue weighted by atomic mass is 19.1. The molecule has 0 spiro atoms. The zero-order chi connectivity index (χ0) is 13.9. The summed E-state index contributed by atoms with van der Waals surface area (Å²) in [5.74, 6) is 0.0280. The van der Waals surface area contributed by atoms with Crippen LogP contribution in [0.25, 0.3) is 0 Å². The minimum atomic E-state index is -0.813. The molecular weight excluding hydrogens is 247 g/mol. The fourth-order valence-corrected chi connectivity index (χ4v) is 1.94. The van der Waals surface area contributed by atoms with Crippen molar-refractivity contribution >= 4 is 5.91 Å². The number of benzene rings is 1. The Hall–Kier alpha value is -2.09. The molecule has 1 aliphatic rings.